The molecule has 0 saturated heterocycles. The predicted molar refractivity (Wildman–Crippen MR) is 91.8 cm³/mol. The van der Waals surface area contributed by atoms with Crippen LogP contribution in [0.25, 0.3) is 0 Å². The highest BCUT2D eigenvalue weighted by Crippen LogP contribution is 2.32. The second-order valence-corrected chi connectivity index (χ2v) is 5.88. The molecule has 1 atom stereocenters. The van der Waals surface area contributed by atoms with E-state index >= 15 is 0 Å². The van der Waals surface area contributed by atoms with Gasteiger partial charge in [0.2, 0.25) is 0 Å². The topological polar surface area (TPSA) is 89.3 Å². The minimum absolute atomic E-state index is 0.0766. The van der Waals surface area contributed by atoms with E-state index in [-0.39, 0.29) is 17.5 Å². The van der Waals surface area contributed by atoms with Crippen molar-refractivity contribution in [3.05, 3.63) is 39.4 Å². The summed E-state index contributed by atoms with van der Waals surface area (Å²) in [5.41, 5.74) is 1.48. The molecule has 23 heavy (non-hydrogen) atoms. The Morgan fingerprint density at radius 3 is 2.91 bits per heavy atom. The highest BCUT2D eigenvalue weighted by molar-refractivity contribution is 7.13. The number of hydrogen-bond acceptors (Lipinski definition) is 7. The molecule has 1 unspecified atom stereocenters. The predicted octanol–water partition coefficient (Wildman–Crippen LogP) is 3.86. The number of anilines is 2. The van der Waals surface area contributed by atoms with Gasteiger partial charge in [0.05, 0.1) is 17.7 Å². The molecule has 1 aromatic carbocycles. The molecule has 1 heterocycles. The molecule has 0 fully saturated rings. The SMILES string of the molecule is CCCNC(C)c1csc(Nc2ccc(OC)c([N+](=O)[O-])c2)n1. The number of nitrogens with zero attached hydrogens (tertiary/aromatic N) is 2. The Bertz CT molecular complexity index is 674. The number of nitrogens with one attached hydrogen (secondary N) is 2. The third-order valence-corrected chi connectivity index (χ3v) is 4.07. The summed E-state index contributed by atoms with van der Waals surface area (Å²) in [5.74, 6) is 0.234. The fourth-order valence-corrected chi connectivity index (χ4v) is 2.87. The summed E-state index contributed by atoms with van der Waals surface area (Å²) in [6.45, 7) is 5.11. The molecule has 124 valence electrons. The van der Waals surface area contributed by atoms with E-state index in [1.807, 2.05) is 5.38 Å². The summed E-state index contributed by atoms with van der Waals surface area (Å²) in [7, 11) is 1.41. The van der Waals surface area contributed by atoms with E-state index in [2.05, 4.69) is 29.5 Å². The molecular formula is C15H20N4O3S. The van der Waals surface area contributed by atoms with Crippen LogP contribution < -0.4 is 15.4 Å². The van der Waals surface area contributed by atoms with Crippen molar-refractivity contribution in [2.45, 2.75) is 26.3 Å². The number of benzene rings is 1. The summed E-state index contributed by atoms with van der Waals surface area (Å²) < 4.78 is 4.99. The highest BCUT2D eigenvalue weighted by atomic mass is 32.1. The quantitative estimate of drug-likeness (QED) is 0.562. The molecule has 0 bridgehead atoms. The number of nitro groups is 1. The van der Waals surface area contributed by atoms with Gasteiger partial charge in [0.25, 0.3) is 0 Å². The molecule has 0 aliphatic carbocycles. The number of nitro benzene ring substituents is 1. The normalized spacial score (nSPS) is 12.0. The number of rotatable bonds is 8. The fourth-order valence-electron chi connectivity index (χ4n) is 2.04. The van der Waals surface area contributed by atoms with Crippen molar-refractivity contribution in [1.29, 1.82) is 0 Å². The monoisotopic (exact) mass is 336 g/mol. The zero-order valence-corrected chi connectivity index (χ0v) is 14.1. The van der Waals surface area contributed by atoms with Gasteiger partial charge in [-0.1, -0.05) is 6.92 Å². The first-order valence-electron chi connectivity index (χ1n) is 7.33. The van der Waals surface area contributed by atoms with E-state index in [1.165, 1.54) is 24.5 Å². The average Bonchev–Trinajstić information content (AvgIpc) is 3.01. The summed E-state index contributed by atoms with van der Waals surface area (Å²) in [6, 6.07) is 4.91. The van der Waals surface area contributed by atoms with E-state index in [0.717, 1.165) is 18.7 Å². The van der Waals surface area contributed by atoms with Crippen LogP contribution in [0.5, 0.6) is 5.75 Å². The smallest absolute Gasteiger partial charge is 0.312 e. The third-order valence-electron chi connectivity index (χ3n) is 3.29. The molecule has 0 spiro atoms. The minimum atomic E-state index is -0.464. The maximum Gasteiger partial charge on any atom is 0.312 e. The van der Waals surface area contributed by atoms with Gasteiger partial charge in [-0.2, -0.15) is 0 Å². The van der Waals surface area contributed by atoms with Gasteiger partial charge in [-0.25, -0.2) is 4.98 Å². The molecule has 0 aliphatic rings. The second kappa shape index (κ2) is 7.89. The van der Waals surface area contributed by atoms with Gasteiger partial charge in [0.15, 0.2) is 10.9 Å². The van der Waals surface area contributed by atoms with E-state index < -0.39 is 4.92 Å². The standard InChI is InChI=1S/C15H20N4O3S/c1-4-7-16-10(2)12-9-23-15(18-12)17-11-5-6-14(22-3)13(8-11)19(20)21/h5-6,8-10,16H,4,7H2,1-3H3,(H,17,18). The Morgan fingerprint density at radius 1 is 1.48 bits per heavy atom. The lowest BCUT2D eigenvalue weighted by Gasteiger charge is -2.10. The van der Waals surface area contributed by atoms with Crippen LogP contribution in [0.3, 0.4) is 0 Å². The zero-order chi connectivity index (χ0) is 16.8. The average molecular weight is 336 g/mol. The van der Waals surface area contributed by atoms with Gasteiger partial charge in [-0.15, -0.1) is 11.3 Å². The maximum absolute atomic E-state index is 11.1. The largest absolute Gasteiger partial charge is 0.490 e. The first-order chi connectivity index (χ1) is 11.0. The number of ether oxygens (including phenoxy) is 1. The number of aromatic nitrogens is 1. The molecular weight excluding hydrogens is 316 g/mol. The lowest BCUT2D eigenvalue weighted by atomic mass is 10.2. The van der Waals surface area contributed by atoms with Gasteiger partial charge < -0.3 is 15.4 Å². The zero-order valence-electron chi connectivity index (χ0n) is 13.3. The van der Waals surface area contributed by atoms with E-state index in [4.69, 9.17) is 4.74 Å². The van der Waals surface area contributed by atoms with Crippen molar-refractivity contribution < 1.29 is 9.66 Å². The van der Waals surface area contributed by atoms with Crippen molar-refractivity contribution in [1.82, 2.24) is 10.3 Å². The summed E-state index contributed by atoms with van der Waals surface area (Å²) in [5, 5.41) is 20.2. The lowest BCUT2D eigenvalue weighted by Crippen LogP contribution is -2.19. The first kappa shape index (κ1) is 17.2. The van der Waals surface area contributed by atoms with Crippen molar-refractivity contribution >= 4 is 27.8 Å². The van der Waals surface area contributed by atoms with Gasteiger partial charge >= 0.3 is 5.69 Å². The van der Waals surface area contributed by atoms with Crippen LogP contribution in [0.15, 0.2) is 23.6 Å². The van der Waals surface area contributed by atoms with Gasteiger partial charge in [-0.3, -0.25) is 10.1 Å². The Labute approximate surface area is 138 Å². The molecule has 1 aromatic heterocycles. The van der Waals surface area contributed by atoms with Gasteiger partial charge in [0, 0.05) is 23.2 Å². The van der Waals surface area contributed by atoms with E-state index in [1.54, 1.807) is 12.1 Å². The minimum Gasteiger partial charge on any atom is -0.490 e. The molecule has 7 nitrogen and oxygen atoms in total. The van der Waals surface area contributed by atoms with Crippen LogP contribution in [0, 0.1) is 10.1 Å². The highest BCUT2D eigenvalue weighted by Gasteiger charge is 2.16. The Kier molecular flexibility index (Phi) is 5.89. The van der Waals surface area contributed by atoms with Gasteiger partial charge in [0.1, 0.15) is 0 Å². The maximum atomic E-state index is 11.1. The number of methoxy groups -OCH3 is 1. The molecule has 2 aromatic rings. The lowest BCUT2D eigenvalue weighted by molar-refractivity contribution is -0.385. The van der Waals surface area contributed by atoms with Crippen LogP contribution in [-0.4, -0.2) is 23.6 Å². The van der Waals surface area contributed by atoms with Crippen LogP contribution in [-0.2, 0) is 0 Å². The molecule has 2 N–H and O–H groups in total. The molecule has 0 amide bonds. The van der Waals surface area contributed by atoms with Crippen molar-refractivity contribution in [2.75, 3.05) is 19.0 Å². The van der Waals surface area contributed by atoms with Crippen molar-refractivity contribution in [3.8, 4) is 5.75 Å². The van der Waals surface area contributed by atoms with Crippen molar-refractivity contribution in [3.63, 3.8) is 0 Å². The molecule has 8 heteroatoms. The molecule has 0 aliphatic heterocycles. The Balaban J connectivity index is 2.12. The summed E-state index contributed by atoms with van der Waals surface area (Å²) >= 11 is 1.47. The van der Waals surface area contributed by atoms with Crippen LogP contribution in [0.4, 0.5) is 16.5 Å². The Morgan fingerprint density at radius 2 is 2.26 bits per heavy atom. The first-order valence-corrected chi connectivity index (χ1v) is 8.21. The molecule has 0 radical (unpaired) electrons. The fraction of sp³-hybridized carbons (Fsp3) is 0.400. The van der Waals surface area contributed by atoms with Crippen LogP contribution in [0.1, 0.15) is 32.0 Å². The van der Waals surface area contributed by atoms with Gasteiger partial charge in [-0.05, 0) is 32.0 Å². The number of thiazole rings is 1. The second-order valence-electron chi connectivity index (χ2n) is 5.02. The van der Waals surface area contributed by atoms with Crippen molar-refractivity contribution in [2.24, 2.45) is 0 Å². The molecule has 2 rings (SSSR count). The third kappa shape index (κ3) is 4.40. The Hall–Kier alpha value is -2.19. The summed E-state index contributed by atoms with van der Waals surface area (Å²) in [4.78, 5) is 15.1. The van der Waals surface area contributed by atoms with Crippen LogP contribution in [0.2, 0.25) is 0 Å². The number of hydrogen-bond donors (Lipinski definition) is 2. The van der Waals surface area contributed by atoms with Crippen LogP contribution >= 0.6 is 11.3 Å². The summed E-state index contributed by atoms with van der Waals surface area (Å²) in [6.07, 6.45) is 1.06. The molecule has 0 saturated carbocycles. The van der Waals surface area contributed by atoms with E-state index in [0.29, 0.717) is 10.8 Å². The van der Waals surface area contributed by atoms with E-state index in [9.17, 15) is 10.1 Å².